The minimum Gasteiger partial charge on any atom is -0.489 e. The van der Waals surface area contributed by atoms with E-state index in [2.05, 4.69) is 4.98 Å². The number of ether oxygens (including phenoxy) is 1. The third-order valence-corrected chi connectivity index (χ3v) is 5.33. The van der Waals surface area contributed by atoms with Gasteiger partial charge in [0.2, 0.25) is 0 Å². The van der Waals surface area contributed by atoms with Crippen LogP contribution in [-0.4, -0.2) is 31.0 Å². The van der Waals surface area contributed by atoms with Gasteiger partial charge in [-0.15, -0.1) is 11.6 Å². The van der Waals surface area contributed by atoms with Crippen LogP contribution < -0.4 is 4.74 Å². The molecule has 0 amide bonds. The summed E-state index contributed by atoms with van der Waals surface area (Å²) in [4.78, 5) is 4.16. The zero-order valence-corrected chi connectivity index (χ0v) is 12.5. The highest BCUT2D eigenvalue weighted by Gasteiger charge is 2.29. The van der Waals surface area contributed by atoms with Crippen molar-refractivity contribution in [3.63, 3.8) is 0 Å². The Bertz CT molecular complexity index is 515. The van der Waals surface area contributed by atoms with Gasteiger partial charge in [-0.25, -0.2) is 8.42 Å². The first kappa shape index (κ1) is 14.6. The summed E-state index contributed by atoms with van der Waals surface area (Å²) in [6.45, 7) is 0. The van der Waals surface area contributed by atoms with Crippen LogP contribution in [0.1, 0.15) is 31.4 Å². The van der Waals surface area contributed by atoms with Crippen molar-refractivity contribution in [3.05, 3.63) is 24.0 Å². The van der Waals surface area contributed by atoms with E-state index >= 15 is 0 Å². The molecule has 1 aliphatic rings. The standard InChI is InChI=1S/C13H18ClNO3S/c1-19(16,17)13-4-2-3-11(7-13)18-12-6-5-10(8-14)15-9-12/h5-6,9,11,13H,2-4,7-8H2,1H3. The van der Waals surface area contributed by atoms with E-state index in [1.165, 1.54) is 6.26 Å². The minimum absolute atomic E-state index is 0.0443. The van der Waals surface area contributed by atoms with Crippen molar-refractivity contribution < 1.29 is 13.2 Å². The van der Waals surface area contributed by atoms with Crippen LogP contribution in [0.3, 0.4) is 0 Å². The maximum Gasteiger partial charge on any atom is 0.150 e. The summed E-state index contributed by atoms with van der Waals surface area (Å²) in [5, 5.41) is -0.277. The van der Waals surface area contributed by atoms with Crippen molar-refractivity contribution in [1.82, 2.24) is 4.98 Å². The number of halogens is 1. The molecule has 19 heavy (non-hydrogen) atoms. The summed E-state index contributed by atoms with van der Waals surface area (Å²) < 4.78 is 29.0. The van der Waals surface area contributed by atoms with Crippen LogP contribution in [0.15, 0.2) is 18.3 Å². The summed E-state index contributed by atoms with van der Waals surface area (Å²) >= 11 is 5.67. The zero-order valence-electron chi connectivity index (χ0n) is 10.9. The van der Waals surface area contributed by atoms with Crippen molar-refractivity contribution in [2.75, 3.05) is 6.26 Å². The number of hydrogen-bond acceptors (Lipinski definition) is 4. The monoisotopic (exact) mass is 303 g/mol. The second-order valence-corrected chi connectivity index (χ2v) is 7.57. The first-order valence-electron chi connectivity index (χ1n) is 6.35. The number of pyridine rings is 1. The Kier molecular flexibility index (Phi) is 4.68. The molecule has 0 radical (unpaired) electrons. The molecular formula is C13H18ClNO3S. The van der Waals surface area contributed by atoms with Crippen LogP contribution >= 0.6 is 11.6 Å². The molecule has 0 aromatic carbocycles. The lowest BCUT2D eigenvalue weighted by Gasteiger charge is -2.28. The predicted molar refractivity (Wildman–Crippen MR) is 75.3 cm³/mol. The smallest absolute Gasteiger partial charge is 0.150 e. The Labute approximate surface area is 119 Å². The third-order valence-electron chi connectivity index (χ3n) is 3.42. The van der Waals surface area contributed by atoms with Gasteiger partial charge in [0.15, 0.2) is 0 Å². The van der Waals surface area contributed by atoms with Crippen LogP contribution in [0.25, 0.3) is 0 Å². The average Bonchev–Trinajstić information content (AvgIpc) is 2.39. The Morgan fingerprint density at radius 2 is 2.21 bits per heavy atom. The van der Waals surface area contributed by atoms with Gasteiger partial charge in [0.25, 0.3) is 0 Å². The van der Waals surface area contributed by atoms with Crippen LogP contribution in [-0.2, 0) is 15.7 Å². The van der Waals surface area contributed by atoms with E-state index in [1.54, 1.807) is 6.20 Å². The molecule has 2 atom stereocenters. The molecular weight excluding hydrogens is 286 g/mol. The number of alkyl halides is 1. The van der Waals surface area contributed by atoms with Gasteiger partial charge in [0, 0.05) is 12.7 Å². The van der Waals surface area contributed by atoms with Gasteiger partial charge < -0.3 is 4.74 Å². The van der Waals surface area contributed by atoms with Gasteiger partial charge in [-0.05, 0) is 31.4 Å². The molecule has 1 aromatic rings. The molecule has 1 aromatic heterocycles. The molecule has 106 valence electrons. The van der Waals surface area contributed by atoms with Gasteiger partial charge in [0.05, 0.1) is 23.0 Å². The predicted octanol–water partition coefficient (Wildman–Crippen LogP) is 2.56. The van der Waals surface area contributed by atoms with E-state index in [0.717, 1.165) is 25.0 Å². The molecule has 1 fully saturated rings. The molecule has 4 nitrogen and oxygen atoms in total. The Balaban J connectivity index is 1.98. The molecule has 1 saturated carbocycles. The zero-order chi connectivity index (χ0) is 13.9. The van der Waals surface area contributed by atoms with Crippen LogP contribution in [0.5, 0.6) is 5.75 Å². The molecule has 1 heterocycles. The van der Waals surface area contributed by atoms with Gasteiger partial charge in [-0.3, -0.25) is 4.98 Å². The van der Waals surface area contributed by atoms with Gasteiger partial charge in [-0.1, -0.05) is 0 Å². The summed E-state index contributed by atoms with van der Waals surface area (Å²) in [7, 11) is -2.97. The highest BCUT2D eigenvalue weighted by Crippen LogP contribution is 2.27. The van der Waals surface area contributed by atoms with Crippen molar-refractivity contribution in [3.8, 4) is 5.75 Å². The van der Waals surface area contributed by atoms with E-state index in [0.29, 0.717) is 18.1 Å². The number of sulfone groups is 1. The highest BCUT2D eigenvalue weighted by molar-refractivity contribution is 7.91. The molecule has 2 rings (SSSR count). The molecule has 0 bridgehead atoms. The first-order chi connectivity index (χ1) is 8.99. The van der Waals surface area contributed by atoms with E-state index in [1.807, 2.05) is 12.1 Å². The van der Waals surface area contributed by atoms with Crippen LogP contribution in [0.2, 0.25) is 0 Å². The minimum atomic E-state index is -2.97. The van der Waals surface area contributed by atoms with Crippen molar-refractivity contribution in [1.29, 1.82) is 0 Å². The van der Waals surface area contributed by atoms with E-state index in [9.17, 15) is 8.42 Å². The molecule has 0 N–H and O–H groups in total. The quantitative estimate of drug-likeness (QED) is 0.802. The second kappa shape index (κ2) is 6.09. The summed E-state index contributed by atoms with van der Waals surface area (Å²) in [5.41, 5.74) is 0.798. The lowest BCUT2D eigenvalue weighted by molar-refractivity contribution is 0.155. The van der Waals surface area contributed by atoms with Gasteiger partial charge >= 0.3 is 0 Å². The number of nitrogens with zero attached hydrogens (tertiary/aromatic N) is 1. The fraction of sp³-hybridized carbons (Fsp3) is 0.615. The SMILES string of the molecule is CS(=O)(=O)C1CCCC(Oc2ccc(CCl)nc2)C1. The summed E-state index contributed by atoms with van der Waals surface area (Å²) in [6.07, 6.45) is 5.98. The molecule has 0 saturated heterocycles. The van der Waals surface area contributed by atoms with Crippen LogP contribution in [0.4, 0.5) is 0 Å². The molecule has 0 aliphatic heterocycles. The van der Waals surface area contributed by atoms with E-state index < -0.39 is 9.84 Å². The molecule has 0 spiro atoms. The van der Waals surface area contributed by atoms with Crippen LogP contribution in [0, 0.1) is 0 Å². The largest absolute Gasteiger partial charge is 0.489 e. The Morgan fingerprint density at radius 3 is 2.79 bits per heavy atom. The molecule has 6 heteroatoms. The summed E-state index contributed by atoms with van der Waals surface area (Å²) in [6, 6.07) is 3.65. The van der Waals surface area contributed by atoms with Gasteiger partial charge in [0.1, 0.15) is 21.7 Å². The average molecular weight is 304 g/mol. The maximum atomic E-state index is 11.6. The molecule has 1 aliphatic carbocycles. The fourth-order valence-electron chi connectivity index (χ4n) is 2.35. The summed E-state index contributed by atoms with van der Waals surface area (Å²) in [5.74, 6) is 1.05. The number of rotatable bonds is 4. The number of aromatic nitrogens is 1. The Hall–Kier alpha value is -0.810. The topological polar surface area (TPSA) is 56.3 Å². The fourth-order valence-corrected chi connectivity index (χ4v) is 3.67. The van der Waals surface area contributed by atoms with Crippen molar-refractivity contribution in [2.24, 2.45) is 0 Å². The number of hydrogen-bond donors (Lipinski definition) is 0. The second-order valence-electron chi connectivity index (χ2n) is 4.98. The van der Waals surface area contributed by atoms with Gasteiger partial charge in [-0.2, -0.15) is 0 Å². The molecule has 2 unspecified atom stereocenters. The first-order valence-corrected chi connectivity index (χ1v) is 8.84. The van der Waals surface area contributed by atoms with Crippen molar-refractivity contribution in [2.45, 2.75) is 42.9 Å². The maximum absolute atomic E-state index is 11.6. The third kappa shape index (κ3) is 4.08. The van der Waals surface area contributed by atoms with Crippen molar-refractivity contribution >= 4 is 21.4 Å². The lowest BCUT2D eigenvalue weighted by Crippen LogP contribution is -2.33. The Morgan fingerprint density at radius 1 is 1.42 bits per heavy atom. The van der Waals surface area contributed by atoms with E-state index in [4.69, 9.17) is 16.3 Å². The normalized spacial score (nSPS) is 24.1. The highest BCUT2D eigenvalue weighted by atomic mass is 35.5. The lowest BCUT2D eigenvalue weighted by atomic mass is 9.97. The van der Waals surface area contributed by atoms with E-state index in [-0.39, 0.29) is 11.4 Å².